The number of carbonyl (C=O) groups is 1. The van der Waals surface area contributed by atoms with E-state index in [9.17, 15) is 13.2 Å². The van der Waals surface area contributed by atoms with E-state index in [-0.39, 0.29) is 11.4 Å². The molecule has 1 aromatic carbocycles. The van der Waals surface area contributed by atoms with Crippen LogP contribution in [0.25, 0.3) is 0 Å². The van der Waals surface area contributed by atoms with Gasteiger partial charge in [0, 0.05) is 6.54 Å². The monoisotopic (exact) mass is 300 g/mol. The molecule has 20 heavy (non-hydrogen) atoms. The highest BCUT2D eigenvalue weighted by molar-refractivity contribution is 7.89. The molecule has 0 aliphatic heterocycles. The van der Waals surface area contributed by atoms with Crippen LogP contribution < -0.4 is 10.5 Å². The quantitative estimate of drug-likeness (QED) is 0.542. The van der Waals surface area contributed by atoms with Crippen molar-refractivity contribution in [2.45, 2.75) is 30.7 Å². The molecule has 0 amide bonds. The average molecular weight is 300 g/mol. The average Bonchev–Trinajstić information content (AvgIpc) is 2.46. The Labute approximate surface area is 119 Å². The zero-order valence-corrected chi connectivity index (χ0v) is 12.2. The van der Waals surface area contributed by atoms with Gasteiger partial charge in [-0.1, -0.05) is 31.5 Å². The van der Waals surface area contributed by atoms with Crippen LogP contribution in [0.15, 0.2) is 35.2 Å². The van der Waals surface area contributed by atoms with Crippen LogP contribution in [-0.2, 0) is 19.6 Å². The lowest BCUT2D eigenvalue weighted by Crippen LogP contribution is -2.43. The first-order valence-electron chi connectivity index (χ1n) is 6.44. The zero-order chi connectivity index (χ0) is 15.0. The van der Waals surface area contributed by atoms with Gasteiger partial charge < -0.3 is 10.5 Å². The van der Waals surface area contributed by atoms with Gasteiger partial charge in [0.05, 0.1) is 11.5 Å². The van der Waals surface area contributed by atoms with Crippen molar-refractivity contribution in [3.63, 3.8) is 0 Å². The second-order valence-electron chi connectivity index (χ2n) is 4.29. The van der Waals surface area contributed by atoms with E-state index in [2.05, 4.69) is 4.72 Å². The van der Waals surface area contributed by atoms with Gasteiger partial charge in [0.2, 0.25) is 10.0 Å². The normalized spacial score (nSPS) is 12.9. The van der Waals surface area contributed by atoms with Crippen molar-refractivity contribution in [3.05, 3.63) is 30.3 Å². The number of unbranched alkanes of at least 4 members (excludes halogenated alkanes) is 1. The number of nitrogens with one attached hydrogen (secondary N) is 1. The summed E-state index contributed by atoms with van der Waals surface area (Å²) >= 11 is 0. The van der Waals surface area contributed by atoms with Crippen molar-refractivity contribution < 1.29 is 17.9 Å². The number of esters is 1. The molecule has 6 nitrogen and oxygen atoms in total. The summed E-state index contributed by atoms with van der Waals surface area (Å²) in [5.74, 6) is -0.603. The maximum atomic E-state index is 11.9. The molecular weight excluding hydrogens is 280 g/mol. The summed E-state index contributed by atoms with van der Waals surface area (Å²) < 4.78 is 31.0. The van der Waals surface area contributed by atoms with Gasteiger partial charge in [-0.05, 0) is 18.6 Å². The van der Waals surface area contributed by atoms with E-state index in [1.807, 2.05) is 6.92 Å². The molecule has 0 unspecified atom stereocenters. The SMILES string of the molecule is CCCCOC(=O)[C@@H](N)CNS(=O)(=O)c1ccccc1. The molecule has 0 saturated carbocycles. The Morgan fingerprint density at radius 1 is 1.35 bits per heavy atom. The molecule has 0 radical (unpaired) electrons. The second-order valence-corrected chi connectivity index (χ2v) is 6.06. The first kappa shape index (κ1) is 16.6. The summed E-state index contributed by atoms with van der Waals surface area (Å²) in [6.45, 7) is 2.08. The predicted molar refractivity (Wildman–Crippen MR) is 75.5 cm³/mol. The molecule has 3 N–H and O–H groups in total. The summed E-state index contributed by atoms with van der Waals surface area (Å²) in [6, 6.07) is 6.88. The van der Waals surface area contributed by atoms with Gasteiger partial charge in [-0.2, -0.15) is 0 Å². The van der Waals surface area contributed by atoms with Gasteiger partial charge >= 0.3 is 5.97 Å². The number of hydrogen-bond donors (Lipinski definition) is 2. The summed E-state index contributed by atoms with van der Waals surface area (Å²) in [6.07, 6.45) is 1.66. The predicted octanol–water partition coefficient (Wildman–Crippen LogP) is 0.636. The molecule has 1 rings (SSSR count). The van der Waals surface area contributed by atoms with Gasteiger partial charge in [0.25, 0.3) is 0 Å². The number of hydrogen-bond acceptors (Lipinski definition) is 5. The highest BCUT2D eigenvalue weighted by atomic mass is 32.2. The van der Waals surface area contributed by atoms with E-state index in [1.165, 1.54) is 12.1 Å². The third kappa shape index (κ3) is 5.28. The number of nitrogens with two attached hydrogens (primary N) is 1. The molecule has 0 heterocycles. The zero-order valence-electron chi connectivity index (χ0n) is 11.4. The Balaban J connectivity index is 2.48. The number of sulfonamides is 1. The molecular formula is C13H20N2O4S. The lowest BCUT2D eigenvalue weighted by Gasteiger charge is -2.12. The van der Waals surface area contributed by atoms with Crippen molar-refractivity contribution in [1.82, 2.24) is 4.72 Å². The van der Waals surface area contributed by atoms with Crippen LogP contribution in [0, 0.1) is 0 Å². The van der Waals surface area contributed by atoms with Gasteiger partial charge in [0.1, 0.15) is 6.04 Å². The standard InChI is InChI=1S/C13H20N2O4S/c1-2-3-9-19-13(16)12(14)10-15-20(17,18)11-7-5-4-6-8-11/h4-8,12,15H,2-3,9-10,14H2,1H3/t12-/m0/s1. The van der Waals surface area contributed by atoms with Crippen molar-refractivity contribution in [1.29, 1.82) is 0 Å². The molecule has 0 fully saturated rings. The smallest absolute Gasteiger partial charge is 0.324 e. The molecule has 1 atom stereocenters. The summed E-state index contributed by atoms with van der Waals surface area (Å²) in [5, 5.41) is 0. The molecule has 112 valence electrons. The van der Waals surface area contributed by atoms with E-state index >= 15 is 0 Å². The maximum absolute atomic E-state index is 11.9. The molecule has 0 aliphatic rings. The van der Waals surface area contributed by atoms with Gasteiger partial charge in [-0.3, -0.25) is 4.79 Å². The molecule has 0 bridgehead atoms. The Bertz CT molecular complexity index is 516. The van der Waals surface area contributed by atoms with E-state index in [0.29, 0.717) is 6.61 Å². The van der Waals surface area contributed by atoms with Crippen molar-refractivity contribution in [2.75, 3.05) is 13.2 Å². The Morgan fingerprint density at radius 3 is 2.60 bits per heavy atom. The summed E-state index contributed by atoms with van der Waals surface area (Å²) in [7, 11) is -3.65. The van der Waals surface area contributed by atoms with Gasteiger partial charge in [-0.25, -0.2) is 13.1 Å². The second kappa shape index (κ2) is 7.98. The number of carbonyl (C=O) groups excluding carboxylic acids is 1. The first-order chi connectivity index (χ1) is 9.47. The lowest BCUT2D eigenvalue weighted by atomic mass is 10.3. The molecule has 1 aromatic rings. The van der Waals surface area contributed by atoms with Crippen molar-refractivity contribution >= 4 is 16.0 Å². The van der Waals surface area contributed by atoms with Crippen molar-refractivity contribution in [2.24, 2.45) is 5.73 Å². The highest BCUT2D eigenvalue weighted by Gasteiger charge is 2.19. The van der Waals surface area contributed by atoms with Gasteiger partial charge in [-0.15, -0.1) is 0 Å². The fourth-order valence-electron chi connectivity index (χ4n) is 1.39. The van der Waals surface area contributed by atoms with E-state index in [4.69, 9.17) is 10.5 Å². The molecule has 0 aliphatic carbocycles. The molecule has 7 heteroatoms. The maximum Gasteiger partial charge on any atom is 0.324 e. The van der Waals surface area contributed by atoms with Crippen molar-refractivity contribution in [3.8, 4) is 0 Å². The van der Waals surface area contributed by atoms with Crippen LogP contribution in [0.4, 0.5) is 0 Å². The minimum atomic E-state index is -3.65. The van der Waals surface area contributed by atoms with E-state index in [0.717, 1.165) is 12.8 Å². The minimum absolute atomic E-state index is 0.131. The van der Waals surface area contributed by atoms with Crippen LogP contribution in [0.2, 0.25) is 0 Å². The largest absolute Gasteiger partial charge is 0.464 e. The van der Waals surface area contributed by atoms with Crippen LogP contribution in [0.5, 0.6) is 0 Å². The number of benzene rings is 1. The number of rotatable bonds is 8. The molecule has 0 spiro atoms. The summed E-state index contributed by atoms with van der Waals surface area (Å²) in [5.41, 5.74) is 5.58. The third-order valence-corrected chi connectivity index (χ3v) is 4.03. The number of ether oxygens (including phenoxy) is 1. The lowest BCUT2D eigenvalue weighted by molar-refractivity contribution is -0.145. The fourth-order valence-corrected chi connectivity index (χ4v) is 2.47. The van der Waals surface area contributed by atoms with Crippen LogP contribution in [0.1, 0.15) is 19.8 Å². The van der Waals surface area contributed by atoms with E-state index < -0.39 is 22.0 Å². The third-order valence-electron chi connectivity index (χ3n) is 2.59. The highest BCUT2D eigenvalue weighted by Crippen LogP contribution is 2.06. The molecule has 0 aromatic heterocycles. The van der Waals surface area contributed by atoms with Crippen LogP contribution >= 0.6 is 0 Å². The van der Waals surface area contributed by atoms with E-state index in [1.54, 1.807) is 18.2 Å². The first-order valence-corrected chi connectivity index (χ1v) is 7.92. The Kier molecular flexibility index (Phi) is 6.63. The molecule has 0 saturated heterocycles. The van der Waals surface area contributed by atoms with Crippen LogP contribution in [-0.4, -0.2) is 33.6 Å². The minimum Gasteiger partial charge on any atom is -0.464 e. The van der Waals surface area contributed by atoms with Gasteiger partial charge in [0.15, 0.2) is 0 Å². The Hall–Kier alpha value is -1.44. The topological polar surface area (TPSA) is 98.5 Å². The summed E-state index contributed by atoms with van der Waals surface area (Å²) in [4.78, 5) is 11.6. The fraction of sp³-hybridized carbons (Fsp3) is 0.462. The Morgan fingerprint density at radius 2 is 2.00 bits per heavy atom. The van der Waals surface area contributed by atoms with Crippen LogP contribution in [0.3, 0.4) is 0 Å².